The Kier molecular flexibility index (Phi) is 3.74. The van der Waals surface area contributed by atoms with Gasteiger partial charge in [0.1, 0.15) is 5.82 Å². The summed E-state index contributed by atoms with van der Waals surface area (Å²) in [5.74, 6) is -0.864. The van der Waals surface area contributed by atoms with E-state index in [-0.39, 0.29) is 17.5 Å². The number of hydrogen-bond acceptors (Lipinski definition) is 1. The van der Waals surface area contributed by atoms with E-state index in [9.17, 15) is 9.18 Å². The third-order valence-electron chi connectivity index (χ3n) is 4.09. The predicted octanol–water partition coefficient (Wildman–Crippen LogP) is 3.81. The Balaban J connectivity index is 1.76. The van der Waals surface area contributed by atoms with Gasteiger partial charge in [0.15, 0.2) is 0 Å². The summed E-state index contributed by atoms with van der Waals surface area (Å²) in [5, 5.41) is 2.87. The first kappa shape index (κ1) is 13.8. The lowest BCUT2D eigenvalue weighted by atomic mass is 10.0. The zero-order valence-corrected chi connectivity index (χ0v) is 12.0. The van der Waals surface area contributed by atoms with Gasteiger partial charge in [-0.05, 0) is 55.0 Å². The Morgan fingerprint density at radius 2 is 1.90 bits per heavy atom. The molecule has 21 heavy (non-hydrogen) atoms. The fraction of sp³-hybridized carbons (Fsp3) is 0.278. The number of nitrogens with one attached hydrogen (secondary N) is 1. The Morgan fingerprint density at radius 3 is 2.71 bits per heavy atom. The maximum absolute atomic E-state index is 13.6. The normalized spacial score (nSPS) is 14.6. The van der Waals surface area contributed by atoms with Gasteiger partial charge in [-0.2, -0.15) is 0 Å². The van der Waals surface area contributed by atoms with E-state index < -0.39 is 5.82 Å². The van der Waals surface area contributed by atoms with Crippen LogP contribution in [0.1, 0.15) is 46.4 Å². The molecule has 2 nitrogen and oxygen atoms in total. The van der Waals surface area contributed by atoms with Crippen molar-refractivity contribution in [1.82, 2.24) is 5.32 Å². The highest BCUT2D eigenvalue weighted by atomic mass is 19.1. The third-order valence-corrected chi connectivity index (χ3v) is 4.09. The predicted molar refractivity (Wildman–Crippen MR) is 80.7 cm³/mol. The molecule has 3 heteroatoms. The largest absolute Gasteiger partial charge is 0.345 e. The molecule has 0 unspecified atom stereocenters. The van der Waals surface area contributed by atoms with E-state index in [1.54, 1.807) is 12.1 Å². The van der Waals surface area contributed by atoms with Crippen LogP contribution in [0.4, 0.5) is 4.39 Å². The van der Waals surface area contributed by atoms with E-state index in [0.717, 1.165) is 18.4 Å². The van der Waals surface area contributed by atoms with E-state index in [2.05, 4.69) is 23.5 Å². The minimum absolute atomic E-state index is 0.0884. The number of amides is 1. The molecule has 0 radical (unpaired) electrons. The molecule has 1 aliphatic carbocycles. The molecule has 0 bridgehead atoms. The molecular weight excluding hydrogens is 265 g/mol. The molecule has 2 aromatic carbocycles. The Bertz CT molecular complexity index is 681. The van der Waals surface area contributed by atoms with Crippen LogP contribution in [0.25, 0.3) is 0 Å². The monoisotopic (exact) mass is 283 g/mol. The Morgan fingerprint density at radius 1 is 1.14 bits per heavy atom. The van der Waals surface area contributed by atoms with Gasteiger partial charge in [-0.25, -0.2) is 4.39 Å². The molecule has 0 heterocycles. The van der Waals surface area contributed by atoms with Crippen molar-refractivity contribution < 1.29 is 9.18 Å². The first-order chi connectivity index (χ1) is 10.1. The summed E-state index contributed by atoms with van der Waals surface area (Å²) >= 11 is 0. The lowest BCUT2D eigenvalue weighted by molar-refractivity contribution is 0.0936. The number of aryl methyl sites for hydroxylation is 2. The van der Waals surface area contributed by atoms with E-state index >= 15 is 0 Å². The lowest BCUT2D eigenvalue weighted by Crippen LogP contribution is -2.27. The SMILES string of the molecule is C[C@H](NC(=O)c1ccccc1F)c1ccc2c(c1)CCC2. The molecule has 1 amide bonds. The van der Waals surface area contributed by atoms with E-state index in [1.807, 2.05) is 6.92 Å². The molecule has 0 aromatic heterocycles. The van der Waals surface area contributed by atoms with Crippen LogP contribution >= 0.6 is 0 Å². The lowest BCUT2D eigenvalue weighted by Gasteiger charge is -2.16. The van der Waals surface area contributed by atoms with Crippen molar-refractivity contribution >= 4 is 5.91 Å². The van der Waals surface area contributed by atoms with E-state index in [1.165, 1.54) is 29.7 Å². The third kappa shape index (κ3) is 2.82. The first-order valence-electron chi connectivity index (χ1n) is 7.32. The number of fused-ring (bicyclic) bond motifs is 1. The fourth-order valence-electron chi connectivity index (χ4n) is 2.86. The summed E-state index contributed by atoms with van der Waals surface area (Å²) in [4.78, 5) is 12.1. The second kappa shape index (κ2) is 5.68. The smallest absolute Gasteiger partial charge is 0.254 e. The second-order valence-corrected chi connectivity index (χ2v) is 5.56. The van der Waals surface area contributed by atoms with Gasteiger partial charge in [-0.3, -0.25) is 4.79 Å². The summed E-state index contributed by atoms with van der Waals surface area (Å²) in [7, 11) is 0. The summed E-state index contributed by atoms with van der Waals surface area (Å²) in [6.45, 7) is 1.93. The van der Waals surface area contributed by atoms with Crippen molar-refractivity contribution in [3.8, 4) is 0 Å². The van der Waals surface area contributed by atoms with Gasteiger partial charge >= 0.3 is 0 Å². The number of hydrogen-bond donors (Lipinski definition) is 1. The average Bonchev–Trinajstić information content (AvgIpc) is 2.94. The van der Waals surface area contributed by atoms with Gasteiger partial charge in [0, 0.05) is 0 Å². The van der Waals surface area contributed by atoms with Crippen LogP contribution in [0.5, 0.6) is 0 Å². The van der Waals surface area contributed by atoms with Crippen molar-refractivity contribution in [1.29, 1.82) is 0 Å². The molecule has 108 valence electrons. The van der Waals surface area contributed by atoms with Crippen molar-refractivity contribution in [2.75, 3.05) is 0 Å². The van der Waals surface area contributed by atoms with E-state index in [0.29, 0.717) is 0 Å². The average molecular weight is 283 g/mol. The molecule has 3 rings (SSSR count). The molecule has 0 saturated carbocycles. The second-order valence-electron chi connectivity index (χ2n) is 5.56. The van der Waals surface area contributed by atoms with Crippen LogP contribution in [-0.4, -0.2) is 5.91 Å². The maximum atomic E-state index is 13.6. The van der Waals surface area contributed by atoms with Gasteiger partial charge < -0.3 is 5.32 Å². The van der Waals surface area contributed by atoms with Crippen LogP contribution < -0.4 is 5.32 Å². The van der Waals surface area contributed by atoms with Crippen molar-refractivity contribution in [2.24, 2.45) is 0 Å². The zero-order chi connectivity index (χ0) is 14.8. The molecule has 1 aliphatic rings. The van der Waals surface area contributed by atoms with Crippen molar-refractivity contribution in [3.63, 3.8) is 0 Å². The van der Waals surface area contributed by atoms with Crippen LogP contribution in [0.2, 0.25) is 0 Å². The summed E-state index contributed by atoms with van der Waals surface area (Å²) in [5.41, 5.74) is 3.94. The van der Waals surface area contributed by atoms with Crippen LogP contribution in [0, 0.1) is 5.82 Å². The van der Waals surface area contributed by atoms with Gasteiger partial charge in [0.25, 0.3) is 5.91 Å². The quantitative estimate of drug-likeness (QED) is 0.912. The highest BCUT2D eigenvalue weighted by Gasteiger charge is 2.17. The maximum Gasteiger partial charge on any atom is 0.254 e. The van der Waals surface area contributed by atoms with Gasteiger partial charge in [-0.15, -0.1) is 0 Å². The number of carbonyl (C=O) groups is 1. The van der Waals surface area contributed by atoms with E-state index in [4.69, 9.17) is 0 Å². The molecule has 0 aliphatic heterocycles. The van der Waals surface area contributed by atoms with Crippen molar-refractivity contribution in [3.05, 3.63) is 70.5 Å². The molecule has 1 atom stereocenters. The molecule has 0 spiro atoms. The highest BCUT2D eigenvalue weighted by Crippen LogP contribution is 2.25. The number of rotatable bonds is 3. The Labute approximate surface area is 124 Å². The summed E-state index contributed by atoms with van der Waals surface area (Å²) in [6.07, 6.45) is 3.46. The zero-order valence-electron chi connectivity index (χ0n) is 12.0. The topological polar surface area (TPSA) is 29.1 Å². The molecular formula is C18H18FNO. The summed E-state index contributed by atoms with van der Waals surface area (Å²) < 4.78 is 13.6. The fourth-order valence-corrected chi connectivity index (χ4v) is 2.86. The number of halogens is 1. The number of benzene rings is 2. The van der Waals surface area contributed by atoms with Crippen molar-refractivity contribution in [2.45, 2.75) is 32.2 Å². The molecule has 0 fully saturated rings. The van der Waals surface area contributed by atoms with Gasteiger partial charge in [0.2, 0.25) is 0 Å². The highest BCUT2D eigenvalue weighted by molar-refractivity contribution is 5.94. The standard InChI is InChI=1S/C18H18FNO/c1-12(14-10-9-13-5-4-6-15(13)11-14)20-18(21)16-7-2-3-8-17(16)19/h2-3,7-12H,4-6H2,1H3,(H,20,21)/t12-/m0/s1. The number of carbonyl (C=O) groups excluding carboxylic acids is 1. The molecule has 1 N–H and O–H groups in total. The molecule has 0 saturated heterocycles. The first-order valence-corrected chi connectivity index (χ1v) is 7.32. The van der Waals surface area contributed by atoms with Gasteiger partial charge in [-0.1, -0.05) is 30.3 Å². The van der Waals surface area contributed by atoms with Gasteiger partial charge in [0.05, 0.1) is 11.6 Å². The van der Waals surface area contributed by atoms with Crippen LogP contribution in [0.3, 0.4) is 0 Å². The molecule has 2 aromatic rings. The van der Waals surface area contributed by atoms with Crippen LogP contribution in [0.15, 0.2) is 42.5 Å². The Hall–Kier alpha value is -2.16. The van der Waals surface area contributed by atoms with Crippen LogP contribution in [-0.2, 0) is 12.8 Å². The minimum Gasteiger partial charge on any atom is -0.345 e. The summed E-state index contributed by atoms with van der Waals surface area (Å²) in [6, 6.07) is 12.3. The minimum atomic E-state index is -0.490.